The number of hydrogen-bond donors (Lipinski definition) is 1. The zero-order valence-corrected chi connectivity index (χ0v) is 32.5. The number of amides is 2. The normalized spacial score (nSPS) is 20.2. The summed E-state index contributed by atoms with van der Waals surface area (Å²) in [6.07, 6.45) is -7.60. The van der Waals surface area contributed by atoms with Crippen LogP contribution in [0.3, 0.4) is 0 Å². The van der Waals surface area contributed by atoms with Crippen molar-refractivity contribution >= 4 is 29.1 Å². The van der Waals surface area contributed by atoms with Crippen LogP contribution in [0.25, 0.3) is 0 Å². The summed E-state index contributed by atoms with van der Waals surface area (Å²) in [5, 5.41) is 21.2. The van der Waals surface area contributed by atoms with Gasteiger partial charge in [0.15, 0.2) is 0 Å². The van der Waals surface area contributed by atoms with E-state index in [4.69, 9.17) is 9.47 Å². The van der Waals surface area contributed by atoms with Crippen LogP contribution in [0.2, 0.25) is 0 Å². The zero-order valence-electron chi connectivity index (χ0n) is 31.7. The van der Waals surface area contributed by atoms with E-state index in [2.05, 4.69) is 11.1 Å². The Morgan fingerprint density at radius 1 is 1.02 bits per heavy atom. The number of rotatable bonds is 13. The van der Waals surface area contributed by atoms with Gasteiger partial charge in [0, 0.05) is 50.3 Å². The lowest BCUT2D eigenvalue weighted by molar-refractivity contribution is -0.160. The second-order valence-corrected chi connectivity index (χ2v) is 16.0. The molecule has 57 heavy (non-hydrogen) atoms. The molecule has 3 aromatic rings. The topological polar surface area (TPSA) is 133 Å². The Morgan fingerprint density at radius 3 is 2.33 bits per heavy atom. The van der Waals surface area contributed by atoms with Gasteiger partial charge in [-0.2, -0.15) is 31.6 Å². The van der Waals surface area contributed by atoms with Gasteiger partial charge in [-0.3, -0.25) is 19.4 Å². The van der Waals surface area contributed by atoms with E-state index in [0.29, 0.717) is 28.9 Å². The van der Waals surface area contributed by atoms with Crippen LogP contribution in [0.4, 0.5) is 26.3 Å². The molecule has 1 aromatic carbocycles. The Morgan fingerprint density at radius 2 is 1.72 bits per heavy atom. The number of carboxylic acid groups (broad SMARTS) is 1. The van der Waals surface area contributed by atoms with E-state index >= 15 is 4.79 Å². The average molecular weight is 823 g/mol. The van der Waals surface area contributed by atoms with Gasteiger partial charge >= 0.3 is 18.3 Å². The van der Waals surface area contributed by atoms with Crippen molar-refractivity contribution in [3.05, 3.63) is 81.3 Å². The minimum Gasteiger partial charge on any atom is -0.481 e. The van der Waals surface area contributed by atoms with Gasteiger partial charge in [0.1, 0.15) is 16.3 Å². The molecule has 10 nitrogen and oxygen atoms in total. The van der Waals surface area contributed by atoms with Crippen molar-refractivity contribution in [3.8, 4) is 11.8 Å². The van der Waals surface area contributed by atoms with Gasteiger partial charge in [0.05, 0.1) is 35.1 Å². The number of likely N-dealkylation sites (tertiary alicyclic amines) is 2. The SMILES string of the molecule is CCC[C@H]1N(C(=O)c2ncccc2C(F)(F)F)CCC[C@@]1(Oc1csc(C(F)(F)F)c1)C(=O)N1CCC(C#N)(c2ccccc2COCCC(C)(C)C(=O)O)CC1. The standard InChI is InChI=1S/C40H44F6N4O6S/c1-4-9-30-38(56-27-22-31(57-24-27)40(44,45)46,13-8-18-50(30)33(51)32-29(39(41,42)43)12-7-17-48-32)34(52)49-19-14-37(25-47,15-20-49)28-11-6-5-10-26(28)23-55-21-16-36(2,3)35(53)54/h5-7,10-12,17,22,24,30H,4,8-9,13-16,18-21,23H2,1-3H3,(H,53,54)/t30-,38+/m1/s1. The molecule has 0 unspecified atom stereocenters. The fourth-order valence-electron chi connectivity index (χ4n) is 7.61. The van der Waals surface area contributed by atoms with E-state index in [0.717, 1.165) is 34.7 Å². The smallest absolute Gasteiger partial charge is 0.425 e. The average Bonchev–Trinajstić information content (AvgIpc) is 3.66. The van der Waals surface area contributed by atoms with Gasteiger partial charge < -0.3 is 24.4 Å². The maximum absolute atomic E-state index is 15.0. The first-order valence-electron chi connectivity index (χ1n) is 18.6. The van der Waals surface area contributed by atoms with Crippen LogP contribution in [0.15, 0.2) is 54.0 Å². The number of thiophene rings is 1. The molecule has 4 heterocycles. The van der Waals surface area contributed by atoms with Gasteiger partial charge in [-0.15, -0.1) is 11.3 Å². The molecule has 2 atom stereocenters. The fourth-order valence-corrected chi connectivity index (χ4v) is 8.28. The first kappa shape index (κ1) is 43.4. The number of carboxylic acids is 1. The van der Waals surface area contributed by atoms with Crippen LogP contribution in [0.5, 0.6) is 5.75 Å². The predicted molar refractivity (Wildman–Crippen MR) is 196 cm³/mol. The Bertz CT molecular complexity index is 1970. The first-order chi connectivity index (χ1) is 26.8. The fraction of sp³-hybridized carbons (Fsp3) is 0.525. The summed E-state index contributed by atoms with van der Waals surface area (Å²) in [5.41, 5.74) is -4.82. The van der Waals surface area contributed by atoms with Gasteiger partial charge in [-0.1, -0.05) is 37.6 Å². The molecule has 0 spiro atoms. The minimum absolute atomic E-state index is 0.0161. The van der Waals surface area contributed by atoms with Gasteiger partial charge in [0.25, 0.3) is 11.8 Å². The number of hydrogen-bond acceptors (Lipinski definition) is 8. The number of aliphatic carboxylic acids is 1. The molecular formula is C40H44F6N4O6S. The summed E-state index contributed by atoms with van der Waals surface area (Å²) in [7, 11) is 0. The van der Waals surface area contributed by atoms with Crippen LogP contribution in [0.1, 0.15) is 97.8 Å². The van der Waals surface area contributed by atoms with Gasteiger partial charge in [-0.25, -0.2) is 0 Å². The number of piperidine rings is 2. The zero-order chi connectivity index (χ0) is 41.8. The highest BCUT2D eigenvalue weighted by atomic mass is 32.1. The largest absolute Gasteiger partial charge is 0.481 e. The quantitative estimate of drug-likeness (QED) is 0.134. The molecule has 0 aliphatic carbocycles. The van der Waals surface area contributed by atoms with E-state index < -0.39 is 68.7 Å². The van der Waals surface area contributed by atoms with Crippen molar-refractivity contribution in [1.82, 2.24) is 14.8 Å². The van der Waals surface area contributed by atoms with Crippen molar-refractivity contribution in [2.75, 3.05) is 26.2 Å². The van der Waals surface area contributed by atoms with E-state index in [1.54, 1.807) is 39.0 Å². The van der Waals surface area contributed by atoms with Crippen molar-refractivity contribution in [2.24, 2.45) is 5.41 Å². The molecule has 1 N–H and O–H groups in total. The number of aromatic nitrogens is 1. The molecular weight excluding hydrogens is 779 g/mol. The maximum Gasteiger partial charge on any atom is 0.425 e. The van der Waals surface area contributed by atoms with Crippen LogP contribution in [0, 0.1) is 16.7 Å². The number of ether oxygens (including phenoxy) is 2. The van der Waals surface area contributed by atoms with Gasteiger partial charge in [0.2, 0.25) is 5.60 Å². The molecule has 2 aromatic heterocycles. The molecule has 0 saturated carbocycles. The molecule has 0 bridgehead atoms. The molecule has 17 heteroatoms. The number of halogens is 6. The lowest BCUT2D eigenvalue weighted by Crippen LogP contribution is -2.68. The van der Waals surface area contributed by atoms with E-state index in [9.17, 15) is 46.3 Å². The summed E-state index contributed by atoms with van der Waals surface area (Å²) in [6.45, 7) is 5.17. The number of carbonyl (C=O) groups excluding carboxylic acids is 2. The number of carbonyl (C=O) groups is 3. The third-order valence-electron chi connectivity index (χ3n) is 10.9. The molecule has 2 aliphatic rings. The molecule has 308 valence electrons. The van der Waals surface area contributed by atoms with Crippen LogP contribution in [-0.2, 0) is 38.7 Å². The van der Waals surface area contributed by atoms with Crippen LogP contribution in [-0.4, -0.2) is 75.6 Å². The lowest BCUT2D eigenvalue weighted by Gasteiger charge is -2.51. The molecule has 5 rings (SSSR count). The van der Waals surface area contributed by atoms with E-state index in [1.165, 1.54) is 4.90 Å². The van der Waals surface area contributed by atoms with Crippen LogP contribution >= 0.6 is 11.3 Å². The second-order valence-electron chi connectivity index (χ2n) is 15.1. The summed E-state index contributed by atoms with van der Waals surface area (Å²) < 4.78 is 95.6. The first-order valence-corrected chi connectivity index (χ1v) is 19.5. The third-order valence-corrected chi connectivity index (χ3v) is 11.8. The van der Waals surface area contributed by atoms with Gasteiger partial charge in [-0.05, 0) is 69.2 Å². The summed E-state index contributed by atoms with van der Waals surface area (Å²) in [6, 6.07) is 11.0. The van der Waals surface area contributed by atoms with Crippen molar-refractivity contribution < 1.29 is 55.3 Å². The monoisotopic (exact) mass is 822 g/mol. The molecule has 2 saturated heterocycles. The van der Waals surface area contributed by atoms with Crippen LogP contribution < -0.4 is 4.74 Å². The Kier molecular flexibility index (Phi) is 13.0. The van der Waals surface area contributed by atoms with Crippen molar-refractivity contribution in [2.45, 2.75) is 102 Å². The number of nitriles is 1. The highest BCUT2D eigenvalue weighted by Crippen LogP contribution is 2.44. The number of alkyl halides is 6. The number of benzene rings is 1. The third kappa shape index (κ3) is 9.22. The lowest BCUT2D eigenvalue weighted by atomic mass is 9.71. The summed E-state index contributed by atoms with van der Waals surface area (Å²) in [5.74, 6) is -2.97. The Balaban J connectivity index is 1.47. The summed E-state index contributed by atoms with van der Waals surface area (Å²) >= 11 is 0.362. The number of nitrogens with zero attached hydrogens (tertiary/aromatic N) is 4. The Labute approximate surface area is 330 Å². The molecule has 2 fully saturated rings. The summed E-state index contributed by atoms with van der Waals surface area (Å²) in [4.78, 5) is 46.0. The molecule has 0 radical (unpaired) electrons. The highest BCUT2D eigenvalue weighted by molar-refractivity contribution is 7.10. The van der Waals surface area contributed by atoms with Crippen molar-refractivity contribution in [3.63, 3.8) is 0 Å². The van der Waals surface area contributed by atoms with E-state index in [1.807, 2.05) is 6.07 Å². The van der Waals surface area contributed by atoms with Crippen molar-refractivity contribution in [1.29, 1.82) is 5.26 Å². The molecule has 2 amide bonds. The second kappa shape index (κ2) is 17.0. The molecule has 2 aliphatic heterocycles. The predicted octanol–water partition coefficient (Wildman–Crippen LogP) is 8.50. The minimum atomic E-state index is -4.92. The maximum atomic E-state index is 15.0. The van der Waals surface area contributed by atoms with E-state index in [-0.39, 0.29) is 77.1 Å². The highest BCUT2D eigenvalue weighted by Gasteiger charge is 2.57. The number of pyridine rings is 1. The Hall–Kier alpha value is -4.69.